The molecular formula is C18H14N4O4S. The van der Waals surface area contributed by atoms with Crippen molar-refractivity contribution in [1.82, 2.24) is 19.7 Å². The lowest BCUT2D eigenvalue weighted by molar-refractivity contribution is 0.0598. The Morgan fingerprint density at radius 1 is 1.30 bits per heavy atom. The second-order valence-corrected chi connectivity index (χ2v) is 6.50. The number of nitrogens with zero attached hydrogens (tertiary/aromatic N) is 3. The van der Waals surface area contributed by atoms with Gasteiger partial charge in [0.2, 0.25) is 0 Å². The third-order valence-electron chi connectivity index (χ3n) is 3.91. The number of thioether (sulfide) groups is 1. The largest absolute Gasteiger partial charge is 0.468 e. The minimum atomic E-state index is -0.474. The monoisotopic (exact) mass is 382 g/mol. The molecule has 0 fully saturated rings. The first kappa shape index (κ1) is 17.1. The Kier molecular flexibility index (Phi) is 4.51. The summed E-state index contributed by atoms with van der Waals surface area (Å²) in [6, 6.07) is 11.0. The van der Waals surface area contributed by atoms with Crippen LogP contribution in [0.5, 0.6) is 0 Å². The number of methoxy groups -OCH3 is 1. The molecule has 0 unspecified atom stereocenters. The first-order chi connectivity index (χ1) is 13.2. The molecule has 0 aliphatic rings. The van der Waals surface area contributed by atoms with Gasteiger partial charge in [0, 0.05) is 0 Å². The number of aromatic amines is 1. The molecule has 1 N–H and O–H groups in total. The van der Waals surface area contributed by atoms with Crippen LogP contribution in [0.3, 0.4) is 0 Å². The number of carbonyl (C=O) groups is 1. The van der Waals surface area contributed by atoms with Crippen LogP contribution in [0.25, 0.3) is 16.7 Å². The van der Waals surface area contributed by atoms with Gasteiger partial charge in [0.15, 0.2) is 10.8 Å². The van der Waals surface area contributed by atoms with Gasteiger partial charge in [-0.25, -0.2) is 14.5 Å². The Morgan fingerprint density at radius 3 is 2.89 bits per heavy atom. The Labute approximate surface area is 157 Å². The van der Waals surface area contributed by atoms with Gasteiger partial charge < -0.3 is 14.1 Å². The molecule has 0 saturated carbocycles. The summed E-state index contributed by atoms with van der Waals surface area (Å²) in [5, 5.41) is 5.07. The number of H-pyrrole nitrogens is 1. The van der Waals surface area contributed by atoms with E-state index in [2.05, 4.69) is 15.1 Å². The third-order valence-corrected chi connectivity index (χ3v) is 4.78. The van der Waals surface area contributed by atoms with Gasteiger partial charge in [-0.1, -0.05) is 30.0 Å². The molecule has 3 aromatic heterocycles. The summed E-state index contributed by atoms with van der Waals surface area (Å²) < 4.78 is 11.7. The maximum absolute atomic E-state index is 12.4. The molecule has 0 bridgehead atoms. The molecule has 9 heteroatoms. The van der Waals surface area contributed by atoms with Crippen molar-refractivity contribution >= 4 is 28.8 Å². The van der Waals surface area contributed by atoms with Crippen molar-refractivity contribution in [2.24, 2.45) is 0 Å². The van der Waals surface area contributed by atoms with Crippen molar-refractivity contribution < 1.29 is 13.9 Å². The molecule has 0 spiro atoms. The number of rotatable bonds is 5. The van der Waals surface area contributed by atoms with Gasteiger partial charge in [0.25, 0.3) is 5.56 Å². The van der Waals surface area contributed by atoms with Crippen molar-refractivity contribution in [2.75, 3.05) is 7.11 Å². The summed E-state index contributed by atoms with van der Waals surface area (Å²) in [6.07, 6.45) is 2.91. The van der Waals surface area contributed by atoms with Crippen LogP contribution < -0.4 is 5.56 Å². The van der Waals surface area contributed by atoms with Gasteiger partial charge in [-0.15, -0.1) is 0 Å². The summed E-state index contributed by atoms with van der Waals surface area (Å²) in [5.74, 6) is 0.287. The number of hydrogen-bond acceptors (Lipinski definition) is 7. The van der Waals surface area contributed by atoms with E-state index in [9.17, 15) is 9.59 Å². The minimum absolute atomic E-state index is 0.280. The van der Waals surface area contributed by atoms with E-state index in [0.717, 1.165) is 5.69 Å². The zero-order valence-electron chi connectivity index (χ0n) is 14.2. The highest BCUT2D eigenvalue weighted by Gasteiger charge is 2.17. The molecule has 1 aromatic carbocycles. The number of fused-ring (bicyclic) bond motifs is 1. The van der Waals surface area contributed by atoms with Crippen LogP contribution in [-0.2, 0) is 10.5 Å². The Balaban J connectivity index is 1.66. The van der Waals surface area contributed by atoms with Crippen LogP contribution in [0.4, 0.5) is 0 Å². The van der Waals surface area contributed by atoms with Crippen LogP contribution in [0.1, 0.15) is 16.1 Å². The number of benzene rings is 1. The van der Waals surface area contributed by atoms with Gasteiger partial charge in [-0.3, -0.25) is 4.79 Å². The Morgan fingerprint density at radius 2 is 2.11 bits per heavy atom. The SMILES string of the molecule is COC(=O)c1ccoc1CSc1nc2c(cnn2-c2ccccc2)c(=O)[nH]1. The van der Waals surface area contributed by atoms with Gasteiger partial charge in [0.1, 0.15) is 16.7 Å². The molecule has 0 aliphatic carbocycles. The maximum Gasteiger partial charge on any atom is 0.341 e. The summed E-state index contributed by atoms with van der Waals surface area (Å²) >= 11 is 1.25. The molecule has 0 atom stereocenters. The highest BCUT2D eigenvalue weighted by Crippen LogP contribution is 2.24. The normalized spacial score (nSPS) is 11.0. The highest BCUT2D eigenvalue weighted by atomic mass is 32.2. The van der Waals surface area contributed by atoms with E-state index in [1.807, 2.05) is 30.3 Å². The van der Waals surface area contributed by atoms with Crippen molar-refractivity contribution in [3.05, 3.63) is 70.5 Å². The quantitative estimate of drug-likeness (QED) is 0.322. The highest BCUT2D eigenvalue weighted by molar-refractivity contribution is 7.98. The fraction of sp³-hybridized carbons (Fsp3) is 0.111. The molecule has 0 amide bonds. The number of nitrogens with one attached hydrogen (secondary N) is 1. The van der Waals surface area contributed by atoms with E-state index in [1.54, 1.807) is 10.7 Å². The number of ether oxygens (including phenoxy) is 1. The molecule has 0 radical (unpaired) electrons. The number of hydrogen-bond donors (Lipinski definition) is 1. The summed E-state index contributed by atoms with van der Waals surface area (Å²) in [5.41, 5.74) is 1.33. The van der Waals surface area contributed by atoms with E-state index in [1.165, 1.54) is 31.3 Å². The van der Waals surface area contributed by atoms with E-state index >= 15 is 0 Å². The molecule has 136 valence electrons. The van der Waals surface area contributed by atoms with Crippen LogP contribution in [0, 0.1) is 0 Å². The number of carbonyl (C=O) groups excluding carboxylic acids is 1. The lowest BCUT2D eigenvalue weighted by Crippen LogP contribution is -2.10. The van der Waals surface area contributed by atoms with Gasteiger partial charge in [-0.05, 0) is 18.2 Å². The summed E-state index contributed by atoms with van der Waals surface area (Å²) in [7, 11) is 1.31. The summed E-state index contributed by atoms with van der Waals surface area (Å²) in [6.45, 7) is 0. The molecule has 3 heterocycles. The van der Waals surface area contributed by atoms with Crippen molar-refractivity contribution in [3.8, 4) is 5.69 Å². The van der Waals surface area contributed by atoms with Gasteiger partial charge in [-0.2, -0.15) is 5.10 Å². The van der Waals surface area contributed by atoms with E-state index in [-0.39, 0.29) is 5.56 Å². The van der Waals surface area contributed by atoms with Crippen LogP contribution >= 0.6 is 11.8 Å². The maximum atomic E-state index is 12.4. The molecule has 8 nitrogen and oxygen atoms in total. The number of para-hydroxylation sites is 1. The predicted octanol–water partition coefficient (Wildman–Crippen LogP) is 2.78. The standard InChI is InChI=1S/C18H14N4O4S/c1-25-17(24)12-7-8-26-14(12)10-27-18-20-15-13(16(23)21-18)9-19-22(15)11-5-3-2-4-6-11/h2-9H,10H2,1H3,(H,20,21,23). The smallest absolute Gasteiger partial charge is 0.341 e. The van der Waals surface area contributed by atoms with Crippen molar-refractivity contribution in [2.45, 2.75) is 10.9 Å². The number of esters is 1. The molecule has 27 heavy (non-hydrogen) atoms. The van der Waals surface area contributed by atoms with E-state index in [4.69, 9.17) is 9.15 Å². The second kappa shape index (κ2) is 7.12. The van der Waals surface area contributed by atoms with E-state index < -0.39 is 5.97 Å². The fourth-order valence-corrected chi connectivity index (χ4v) is 3.41. The fourth-order valence-electron chi connectivity index (χ4n) is 2.60. The average Bonchev–Trinajstić information content (AvgIpc) is 3.33. The molecule has 4 aromatic rings. The molecule has 0 aliphatic heterocycles. The Hall–Kier alpha value is -3.33. The molecule has 0 saturated heterocycles. The van der Waals surface area contributed by atoms with Crippen LogP contribution in [0.15, 0.2) is 63.2 Å². The Bertz CT molecular complexity index is 1160. The molecular weight excluding hydrogens is 368 g/mol. The topological polar surface area (TPSA) is 103 Å². The lowest BCUT2D eigenvalue weighted by atomic mass is 10.3. The van der Waals surface area contributed by atoms with Crippen molar-refractivity contribution in [1.29, 1.82) is 0 Å². The first-order valence-electron chi connectivity index (χ1n) is 7.98. The lowest BCUT2D eigenvalue weighted by Gasteiger charge is -2.04. The number of aromatic nitrogens is 4. The predicted molar refractivity (Wildman–Crippen MR) is 99.1 cm³/mol. The first-order valence-corrected chi connectivity index (χ1v) is 8.97. The second-order valence-electron chi connectivity index (χ2n) is 5.54. The van der Waals surface area contributed by atoms with Gasteiger partial charge >= 0.3 is 5.97 Å². The van der Waals surface area contributed by atoms with Crippen molar-refractivity contribution in [3.63, 3.8) is 0 Å². The summed E-state index contributed by atoms with van der Waals surface area (Å²) in [4.78, 5) is 31.3. The van der Waals surface area contributed by atoms with Crippen LogP contribution in [0.2, 0.25) is 0 Å². The van der Waals surface area contributed by atoms with Crippen LogP contribution in [-0.4, -0.2) is 32.8 Å². The van der Waals surface area contributed by atoms with Gasteiger partial charge in [0.05, 0.1) is 31.0 Å². The molecule has 4 rings (SSSR count). The number of furan rings is 1. The zero-order chi connectivity index (χ0) is 18.8. The van der Waals surface area contributed by atoms with E-state index in [0.29, 0.717) is 33.3 Å². The average molecular weight is 382 g/mol. The zero-order valence-corrected chi connectivity index (χ0v) is 15.0. The minimum Gasteiger partial charge on any atom is -0.468 e. The third kappa shape index (κ3) is 3.24.